The van der Waals surface area contributed by atoms with E-state index in [-0.39, 0.29) is 18.2 Å². The fraction of sp³-hybridized carbons (Fsp3) is 0.526. The SMILES string of the molecule is C[C@H](C=O)C(CNc1ccc(Cl)cc1C(=O)C1CCCCC1)NC(=O)O. The molecule has 6 nitrogen and oxygen atoms in total. The van der Waals surface area contributed by atoms with Crippen LogP contribution in [0.1, 0.15) is 49.4 Å². The lowest BCUT2D eigenvalue weighted by molar-refractivity contribution is -0.111. The second-order valence-corrected chi connectivity index (χ2v) is 7.26. The van der Waals surface area contributed by atoms with Gasteiger partial charge in [-0.1, -0.05) is 37.8 Å². The van der Waals surface area contributed by atoms with Gasteiger partial charge in [0.2, 0.25) is 0 Å². The molecule has 1 saturated carbocycles. The van der Waals surface area contributed by atoms with Gasteiger partial charge in [0.15, 0.2) is 5.78 Å². The smallest absolute Gasteiger partial charge is 0.404 e. The number of hydrogen-bond donors (Lipinski definition) is 3. The van der Waals surface area contributed by atoms with E-state index in [1.807, 2.05) is 0 Å². The van der Waals surface area contributed by atoms with Gasteiger partial charge in [0.05, 0.1) is 6.04 Å². The molecule has 0 bridgehead atoms. The third kappa shape index (κ3) is 5.46. The number of benzene rings is 1. The van der Waals surface area contributed by atoms with Gasteiger partial charge in [0.1, 0.15) is 6.29 Å². The molecule has 1 aromatic carbocycles. The third-order valence-corrected chi connectivity index (χ3v) is 5.13. The van der Waals surface area contributed by atoms with Crippen LogP contribution in [0.5, 0.6) is 0 Å². The highest BCUT2D eigenvalue weighted by molar-refractivity contribution is 6.31. The Balaban J connectivity index is 2.16. The van der Waals surface area contributed by atoms with Crippen LogP contribution in [-0.4, -0.2) is 35.9 Å². The van der Waals surface area contributed by atoms with Crippen molar-refractivity contribution in [2.45, 2.75) is 45.1 Å². The van der Waals surface area contributed by atoms with Crippen LogP contribution in [0.25, 0.3) is 0 Å². The van der Waals surface area contributed by atoms with Crippen LogP contribution >= 0.6 is 11.6 Å². The lowest BCUT2D eigenvalue weighted by Crippen LogP contribution is -2.44. The lowest BCUT2D eigenvalue weighted by atomic mass is 9.83. The summed E-state index contributed by atoms with van der Waals surface area (Å²) in [7, 11) is 0. The molecule has 0 saturated heterocycles. The summed E-state index contributed by atoms with van der Waals surface area (Å²) in [6.07, 6.45) is 4.56. The number of anilines is 1. The van der Waals surface area contributed by atoms with Gasteiger partial charge < -0.3 is 20.5 Å². The van der Waals surface area contributed by atoms with E-state index < -0.39 is 18.1 Å². The maximum Gasteiger partial charge on any atom is 0.404 e. The Kier molecular flexibility index (Phi) is 7.45. The molecule has 1 aliphatic carbocycles. The van der Waals surface area contributed by atoms with Crippen molar-refractivity contribution in [3.8, 4) is 0 Å². The molecule has 2 atom stereocenters. The first-order valence-electron chi connectivity index (χ1n) is 8.94. The van der Waals surface area contributed by atoms with Gasteiger partial charge in [-0.15, -0.1) is 0 Å². The van der Waals surface area contributed by atoms with E-state index in [0.29, 0.717) is 22.6 Å². The molecule has 1 aromatic rings. The van der Waals surface area contributed by atoms with Gasteiger partial charge in [-0.3, -0.25) is 4.79 Å². The summed E-state index contributed by atoms with van der Waals surface area (Å²) in [6, 6.07) is 4.47. The van der Waals surface area contributed by atoms with Crippen LogP contribution in [0, 0.1) is 11.8 Å². The number of nitrogens with one attached hydrogen (secondary N) is 2. The molecule has 1 fully saturated rings. The van der Waals surface area contributed by atoms with Crippen LogP contribution in [0.15, 0.2) is 18.2 Å². The second kappa shape index (κ2) is 9.57. The van der Waals surface area contributed by atoms with Crippen molar-refractivity contribution < 1.29 is 19.5 Å². The minimum absolute atomic E-state index is 0.00427. The van der Waals surface area contributed by atoms with Crippen molar-refractivity contribution in [2.24, 2.45) is 11.8 Å². The fourth-order valence-electron chi connectivity index (χ4n) is 3.30. The fourth-order valence-corrected chi connectivity index (χ4v) is 3.47. The van der Waals surface area contributed by atoms with E-state index >= 15 is 0 Å². The summed E-state index contributed by atoms with van der Waals surface area (Å²) in [5.41, 5.74) is 1.14. The van der Waals surface area contributed by atoms with Gasteiger partial charge in [0, 0.05) is 34.7 Å². The molecule has 1 amide bonds. The van der Waals surface area contributed by atoms with Gasteiger partial charge >= 0.3 is 6.09 Å². The topological polar surface area (TPSA) is 95.5 Å². The van der Waals surface area contributed by atoms with E-state index in [4.69, 9.17) is 16.7 Å². The second-order valence-electron chi connectivity index (χ2n) is 6.82. The zero-order valence-corrected chi connectivity index (χ0v) is 15.6. The monoisotopic (exact) mass is 380 g/mol. The highest BCUT2D eigenvalue weighted by atomic mass is 35.5. The first kappa shape index (κ1) is 20.2. The first-order valence-corrected chi connectivity index (χ1v) is 9.32. The standard InChI is InChI=1S/C19H25ClN2O4/c1-12(11-23)17(22-19(25)26)10-21-16-8-7-14(20)9-15(16)18(24)13-5-3-2-4-6-13/h7-9,11-13,17,21-22H,2-6,10H2,1H3,(H,25,26)/t12-,17?/m1/s1. The van der Waals surface area contributed by atoms with E-state index in [9.17, 15) is 14.4 Å². The zero-order chi connectivity index (χ0) is 19.1. The average Bonchev–Trinajstić information content (AvgIpc) is 2.65. The highest BCUT2D eigenvalue weighted by Crippen LogP contribution is 2.30. The van der Waals surface area contributed by atoms with Crippen LogP contribution < -0.4 is 10.6 Å². The molecule has 0 radical (unpaired) electrons. The number of carbonyl (C=O) groups is 3. The summed E-state index contributed by atoms with van der Waals surface area (Å²) in [6.45, 7) is 1.84. The maximum atomic E-state index is 12.9. The molecular formula is C19H25ClN2O4. The predicted molar refractivity (Wildman–Crippen MR) is 101 cm³/mol. The van der Waals surface area contributed by atoms with E-state index in [1.54, 1.807) is 25.1 Å². The molecule has 0 aromatic heterocycles. The normalized spacial score (nSPS) is 17.2. The van der Waals surface area contributed by atoms with Crippen LogP contribution in [0.2, 0.25) is 5.02 Å². The minimum Gasteiger partial charge on any atom is -0.465 e. The van der Waals surface area contributed by atoms with Crippen molar-refractivity contribution in [3.05, 3.63) is 28.8 Å². The third-order valence-electron chi connectivity index (χ3n) is 4.89. The van der Waals surface area contributed by atoms with Crippen LogP contribution in [-0.2, 0) is 4.79 Å². The molecular weight excluding hydrogens is 356 g/mol. The highest BCUT2D eigenvalue weighted by Gasteiger charge is 2.25. The lowest BCUT2D eigenvalue weighted by Gasteiger charge is -2.24. The van der Waals surface area contributed by atoms with Gasteiger partial charge in [-0.2, -0.15) is 0 Å². The van der Waals surface area contributed by atoms with E-state index in [1.165, 1.54) is 0 Å². The Bertz CT molecular complexity index is 659. The molecule has 2 rings (SSSR count). The quantitative estimate of drug-likeness (QED) is 0.468. The number of carbonyl (C=O) groups excluding carboxylic acids is 2. The molecule has 1 unspecified atom stereocenters. The molecule has 7 heteroatoms. The number of rotatable bonds is 8. The summed E-state index contributed by atoms with van der Waals surface area (Å²) >= 11 is 6.09. The van der Waals surface area contributed by atoms with Gasteiger partial charge in [-0.05, 0) is 31.0 Å². The molecule has 0 heterocycles. The molecule has 3 N–H and O–H groups in total. The number of ketones is 1. The number of Topliss-reactive ketones (excluding diaryl/α,β-unsaturated/α-hetero) is 1. The number of carboxylic acid groups (broad SMARTS) is 1. The summed E-state index contributed by atoms with van der Waals surface area (Å²) in [4.78, 5) is 34.9. The Hall–Kier alpha value is -2.08. The Morgan fingerprint density at radius 2 is 2.00 bits per heavy atom. The van der Waals surface area contributed by atoms with Gasteiger partial charge in [0.25, 0.3) is 0 Å². The van der Waals surface area contributed by atoms with Crippen LogP contribution in [0.3, 0.4) is 0 Å². The Morgan fingerprint density at radius 3 is 2.62 bits per heavy atom. The van der Waals surface area contributed by atoms with Crippen molar-refractivity contribution in [3.63, 3.8) is 0 Å². The molecule has 142 valence electrons. The number of hydrogen-bond acceptors (Lipinski definition) is 4. The number of amides is 1. The predicted octanol–water partition coefficient (Wildman–Crippen LogP) is 3.99. The minimum atomic E-state index is -1.19. The van der Waals surface area contributed by atoms with Crippen molar-refractivity contribution in [2.75, 3.05) is 11.9 Å². The number of halogens is 1. The molecule has 1 aliphatic rings. The van der Waals surface area contributed by atoms with Crippen molar-refractivity contribution in [1.29, 1.82) is 0 Å². The molecule has 26 heavy (non-hydrogen) atoms. The van der Waals surface area contributed by atoms with E-state index in [0.717, 1.165) is 32.1 Å². The molecule has 0 aliphatic heterocycles. The average molecular weight is 381 g/mol. The van der Waals surface area contributed by atoms with Crippen molar-refractivity contribution >= 4 is 35.5 Å². The maximum absolute atomic E-state index is 12.9. The van der Waals surface area contributed by atoms with E-state index in [2.05, 4.69) is 10.6 Å². The Morgan fingerprint density at radius 1 is 1.31 bits per heavy atom. The summed E-state index contributed by atoms with van der Waals surface area (Å²) in [5.74, 6) is -0.422. The summed E-state index contributed by atoms with van der Waals surface area (Å²) in [5, 5.41) is 14.9. The molecule has 0 spiro atoms. The van der Waals surface area contributed by atoms with Crippen LogP contribution in [0.4, 0.5) is 10.5 Å². The summed E-state index contributed by atoms with van der Waals surface area (Å²) < 4.78 is 0. The number of aldehydes is 1. The zero-order valence-electron chi connectivity index (χ0n) is 14.8. The van der Waals surface area contributed by atoms with Gasteiger partial charge in [-0.25, -0.2) is 4.79 Å². The van der Waals surface area contributed by atoms with Crippen molar-refractivity contribution in [1.82, 2.24) is 5.32 Å². The first-order chi connectivity index (χ1) is 12.4. The Labute approximate surface area is 158 Å². The largest absolute Gasteiger partial charge is 0.465 e.